The average molecular weight is 278 g/mol. The highest BCUT2D eigenvalue weighted by atomic mass is 32.2. The normalized spacial score (nSPS) is 13.1. The highest BCUT2D eigenvalue weighted by Gasteiger charge is 2.14. The van der Waals surface area contributed by atoms with E-state index in [1.807, 2.05) is 0 Å². The fourth-order valence-electron chi connectivity index (χ4n) is 0.993. The lowest BCUT2D eigenvalue weighted by Gasteiger charge is -2.09. The number of oxime groups is 1. The van der Waals surface area contributed by atoms with Gasteiger partial charge < -0.3 is 5.21 Å². The smallest absolute Gasteiger partial charge is 0.301 e. The van der Waals surface area contributed by atoms with Gasteiger partial charge in [0.05, 0.1) is 0 Å². The Bertz CT molecular complexity index is 507. The SMILES string of the molecule is CC(=NO)c1csc(NS(=O)(=O)NC(C)C)n1. The van der Waals surface area contributed by atoms with E-state index >= 15 is 0 Å². The minimum atomic E-state index is -3.61. The summed E-state index contributed by atoms with van der Waals surface area (Å²) in [5, 5.41) is 13.4. The minimum absolute atomic E-state index is 0.201. The molecule has 0 bridgehead atoms. The third kappa shape index (κ3) is 4.29. The number of hydrogen-bond acceptors (Lipinski definition) is 6. The van der Waals surface area contributed by atoms with Gasteiger partial charge in [0, 0.05) is 11.4 Å². The fourth-order valence-corrected chi connectivity index (χ4v) is 3.07. The zero-order valence-corrected chi connectivity index (χ0v) is 11.3. The molecular weight excluding hydrogens is 264 g/mol. The Morgan fingerprint density at radius 1 is 1.59 bits per heavy atom. The maximum Gasteiger partial charge on any atom is 0.301 e. The van der Waals surface area contributed by atoms with Crippen LogP contribution in [0.5, 0.6) is 0 Å². The fraction of sp³-hybridized carbons (Fsp3) is 0.500. The lowest BCUT2D eigenvalue weighted by Crippen LogP contribution is -2.35. The molecule has 1 rings (SSSR count). The zero-order valence-electron chi connectivity index (χ0n) is 9.63. The largest absolute Gasteiger partial charge is 0.411 e. The number of nitrogens with zero attached hydrogens (tertiary/aromatic N) is 2. The van der Waals surface area contributed by atoms with E-state index in [4.69, 9.17) is 5.21 Å². The van der Waals surface area contributed by atoms with Crippen LogP contribution in [-0.4, -0.2) is 30.4 Å². The van der Waals surface area contributed by atoms with Gasteiger partial charge in [-0.3, -0.25) is 0 Å². The van der Waals surface area contributed by atoms with Crippen molar-refractivity contribution in [2.75, 3.05) is 4.72 Å². The molecule has 9 heteroatoms. The average Bonchev–Trinajstić information content (AvgIpc) is 2.61. The van der Waals surface area contributed by atoms with Crippen LogP contribution in [-0.2, 0) is 10.2 Å². The lowest BCUT2D eigenvalue weighted by atomic mass is 10.3. The van der Waals surface area contributed by atoms with Gasteiger partial charge >= 0.3 is 10.2 Å². The van der Waals surface area contributed by atoms with E-state index in [0.29, 0.717) is 11.4 Å². The van der Waals surface area contributed by atoms with Gasteiger partial charge in [-0.1, -0.05) is 5.16 Å². The van der Waals surface area contributed by atoms with E-state index in [9.17, 15) is 8.42 Å². The molecule has 0 atom stereocenters. The van der Waals surface area contributed by atoms with Gasteiger partial charge in [-0.05, 0) is 20.8 Å². The summed E-state index contributed by atoms with van der Waals surface area (Å²) in [7, 11) is -3.61. The molecule has 0 unspecified atom stereocenters. The van der Waals surface area contributed by atoms with Crippen LogP contribution in [0.3, 0.4) is 0 Å². The first-order valence-electron chi connectivity index (χ1n) is 4.78. The van der Waals surface area contributed by atoms with E-state index in [0.717, 1.165) is 11.3 Å². The number of anilines is 1. The summed E-state index contributed by atoms with van der Waals surface area (Å²) in [5.74, 6) is 0. The van der Waals surface area contributed by atoms with E-state index in [1.165, 1.54) is 0 Å². The number of aromatic nitrogens is 1. The molecule has 0 aromatic carbocycles. The Hall–Kier alpha value is -1.19. The monoisotopic (exact) mass is 278 g/mol. The van der Waals surface area contributed by atoms with E-state index in [2.05, 4.69) is 19.6 Å². The number of rotatable bonds is 5. The van der Waals surface area contributed by atoms with Crippen LogP contribution in [0.1, 0.15) is 26.5 Å². The summed E-state index contributed by atoms with van der Waals surface area (Å²) in [5.41, 5.74) is 0.753. The Balaban J connectivity index is 2.80. The second kappa shape index (κ2) is 5.43. The zero-order chi connectivity index (χ0) is 13.1. The van der Waals surface area contributed by atoms with Crippen molar-refractivity contribution in [1.82, 2.24) is 9.71 Å². The third-order valence-electron chi connectivity index (χ3n) is 1.64. The van der Waals surface area contributed by atoms with Crippen LogP contribution in [0.4, 0.5) is 5.13 Å². The molecule has 3 N–H and O–H groups in total. The van der Waals surface area contributed by atoms with Gasteiger partial charge in [0.2, 0.25) is 0 Å². The van der Waals surface area contributed by atoms with Crippen molar-refractivity contribution < 1.29 is 13.6 Å². The molecule has 96 valence electrons. The molecule has 1 aromatic heterocycles. The van der Waals surface area contributed by atoms with Crippen LogP contribution < -0.4 is 9.44 Å². The van der Waals surface area contributed by atoms with Crippen molar-refractivity contribution in [3.05, 3.63) is 11.1 Å². The number of thiazole rings is 1. The maximum absolute atomic E-state index is 11.5. The van der Waals surface area contributed by atoms with E-state index < -0.39 is 10.2 Å². The molecule has 0 amide bonds. The molecule has 0 radical (unpaired) electrons. The van der Waals surface area contributed by atoms with Crippen molar-refractivity contribution in [2.24, 2.45) is 5.16 Å². The number of hydrogen-bond donors (Lipinski definition) is 3. The minimum Gasteiger partial charge on any atom is -0.411 e. The quantitative estimate of drug-likeness (QED) is 0.424. The van der Waals surface area contributed by atoms with Gasteiger partial charge in [-0.2, -0.15) is 13.1 Å². The summed E-state index contributed by atoms with van der Waals surface area (Å²) in [6, 6.07) is -0.201. The van der Waals surface area contributed by atoms with Gasteiger partial charge in [0.15, 0.2) is 5.13 Å². The molecule has 0 aliphatic rings. The molecule has 0 saturated carbocycles. The van der Waals surface area contributed by atoms with Gasteiger partial charge in [-0.15, -0.1) is 11.3 Å². The Morgan fingerprint density at radius 3 is 2.76 bits per heavy atom. The van der Waals surface area contributed by atoms with Crippen LogP contribution in [0.2, 0.25) is 0 Å². The summed E-state index contributed by atoms with van der Waals surface area (Å²) in [6.07, 6.45) is 0. The van der Waals surface area contributed by atoms with Crippen molar-refractivity contribution in [1.29, 1.82) is 0 Å². The first-order valence-corrected chi connectivity index (χ1v) is 7.15. The second-order valence-corrected chi connectivity index (χ2v) is 5.91. The van der Waals surface area contributed by atoms with Crippen LogP contribution in [0.25, 0.3) is 0 Å². The van der Waals surface area contributed by atoms with Crippen LogP contribution >= 0.6 is 11.3 Å². The Labute approximate surface area is 104 Å². The van der Waals surface area contributed by atoms with Gasteiger partial charge in [-0.25, -0.2) is 9.71 Å². The van der Waals surface area contributed by atoms with E-state index in [-0.39, 0.29) is 11.2 Å². The van der Waals surface area contributed by atoms with Crippen molar-refractivity contribution in [3.63, 3.8) is 0 Å². The van der Waals surface area contributed by atoms with Crippen LogP contribution in [0.15, 0.2) is 10.5 Å². The van der Waals surface area contributed by atoms with Crippen molar-refractivity contribution in [3.8, 4) is 0 Å². The lowest BCUT2D eigenvalue weighted by molar-refractivity contribution is 0.319. The Morgan fingerprint density at radius 2 is 2.24 bits per heavy atom. The standard InChI is InChI=1S/C8H14N4O3S2/c1-5(2)11-17(14,15)12-8-9-7(4-16-8)6(3)10-13/h4-5,11,13H,1-3H3,(H,9,12). The maximum atomic E-state index is 11.5. The molecule has 0 aliphatic heterocycles. The van der Waals surface area contributed by atoms with Crippen LogP contribution in [0, 0.1) is 0 Å². The molecule has 0 fully saturated rings. The first-order chi connectivity index (χ1) is 7.84. The first kappa shape index (κ1) is 13.9. The van der Waals surface area contributed by atoms with Gasteiger partial charge in [0.25, 0.3) is 0 Å². The second-order valence-electron chi connectivity index (χ2n) is 3.60. The molecule has 1 heterocycles. The summed E-state index contributed by atoms with van der Waals surface area (Å²) >= 11 is 1.11. The molecule has 1 aromatic rings. The van der Waals surface area contributed by atoms with Gasteiger partial charge in [0.1, 0.15) is 11.4 Å². The third-order valence-corrected chi connectivity index (χ3v) is 3.77. The van der Waals surface area contributed by atoms with Crippen molar-refractivity contribution >= 4 is 32.4 Å². The topological polar surface area (TPSA) is 104 Å². The predicted molar refractivity (Wildman–Crippen MR) is 66.9 cm³/mol. The van der Waals surface area contributed by atoms with E-state index in [1.54, 1.807) is 26.2 Å². The Kier molecular flexibility index (Phi) is 4.43. The molecule has 17 heavy (non-hydrogen) atoms. The molecule has 0 aliphatic carbocycles. The summed E-state index contributed by atoms with van der Waals surface area (Å²) in [6.45, 7) is 5.00. The molecule has 7 nitrogen and oxygen atoms in total. The molecule has 0 saturated heterocycles. The molecular formula is C8H14N4O3S2. The van der Waals surface area contributed by atoms with Crippen molar-refractivity contribution in [2.45, 2.75) is 26.8 Å². The number of nitrogens with one attached hydrogen (secondary N) is 2. The highest BCUT2D eigenvalue weighted by molar-refractivity contribution is 7.91. The highest BCUT2D eigenvalue weighted by Crippen LogP contribution is 2.17. The molecule has 0 spiro atoms. The summed E-state index contributed by atoms with van der Waals surface area (Å²) < 4.78 is 27.7. The predicted octanol–water partition coefficient (Wildman–Crippen LogP) is 0.996. The summed E-state index contributed by atoms with van der Waals surface area (Å²) in [4.78, 5) is 3.97.